The molecule has 0 saturated heterocycles. The van der Waals surface area contributed by atoms with Crippen LogP contribution in [0, 0.1) is 5.41 Å². The third kappa shape index (κ3) is 7.48. The molecule has 292 valence electrons. The summed E-state index contributed by atoms with van der Waals surface area (Å²) in [6.45, 7) is 0. The van der Waals surface area contributed by atoms with Gasteiger partial charge in [-0.1, -0.05) is 30.3 Å². The minimum Gasteiger partial charge on any atom is -0.493 e. The van der Waals surface area contributed by atoms with Gasteiger partial charge in [-0.15, -0.1) is 0 Å². The van der Waals surface area contributed by atoms with Crippen LogP contribution in [0.1, 0.15) is 47.8 Å². The number of nitrogens with zero attached hydrogens (tertiary/aromatic N) is 4. The molecular weight excluding hydrogens is 799 g/mol. The van der Waals surface area contributed by atoms with Gasteiger partial charge < -0.3 is 21.3 Å². The van der Waals surface area contributed by atoms with Gasteiger partial charge in [0.05, 0.1) is 57.4 Å². The number of aliphatic hydroxyl groups excluding tert-OH is 1. The molecule has 0 radical (unpaired) electrons. The second kappa shape index (κ2) is 14.4. The van der Waals surface area contributed by atoms with Crippen molar-refractivity contribution in [2.75, 3.05) is 11.1 Å². The van der Waals surface area contributed by atoms with Crippen LogP contribution in [0.5, 0.6) is 0 Å². The number of rotatable bonds is 9. The second-order valence-electron chi connectivity index (χ2n) is 12.3. The number of ketones is 2. The van der Waals surface area contributed by atoms with E-state index in [0.717, 1.165) is 18.2 Å². The molecule has 4 aromatic carbocycles. The molecule has 22 heteroatoms. The summed E-state index contributed by atoms with van der Waals surface area (Å²) in [6, 6.07) is 18.2. The number of aliphatic hydroxyl groups is 1. The van der Waals surface area contributed by atoms with E-state index in [2.05, 4.69) is 30.3 Å². The number of aromatic carboxylic acids is 1. The summed E-state index contributed by atoms with van der Waals surface area (Å²) in [5, 5.41) is 29.5. The van der Waals surface area contributed by atoms with E-state index >= 15 is 0 Å². The number of nitrogen functional groups attached to an aromatic ring is 1. The van der Waals surface area contributed by atoms with Crippen LogP contribution in [-0.4, -0.2) is 74.5 Å². The van der Waals surface area contributed by atoms with E-state index in [1.54, 1.807) is 0 Å². The Morgan fingerprint density at radius 2 is 1.47 bits per heavy atom. The molecule has 0 aliphatic heterocycles. The van der Waals surface area contributed by atoms with Gasteiger partial charge in [0.15, 0.2) is 11.6 Å². The zero-order chi connectivity index (χ0) is 41.7. The fourth-order valence-electron chi connectivity index (χ4n) is 5.98. The molecule has 1 aliphatic rings. The number of carbonyl (C=O) groups is 3. The van der Waals surface area contributed by atoms with Gasteiger partial charge in [-0.3, -0.25) is 29.1 Å². The number of carboxylic acids is 1. The van der Waals surface area contributed by atoms with Gasteiger partial charge in [0, 0.05) is 16.8 Å². The van der Waals surface area contributed by atoms with Crippen LogP contribution >= 0.6 is 0 Å². The maximum absolute atomic E-state index is 13.8. The summed E-state index contributed by atoms with van der Waals surface area (Å²) in [6.07, 6.45) is 2.80. The van der Waals surface area contributed by atoms with E-state index < -0.39 is 70.4 Å². The van der Waals surface area contributed by atoms with Crippen LogP contribution in [-0.2, 0) is 20.2 Å². The molecule has 2 aromatic heterocycles. The molecule has 10 N–H and O–H groups in total. The van der Waals surface area contributed by atoms with Gasteiger partial charge in [0.1, 0.15) is 9.79 Å². The van der Waals surface area contributed by atoms with Crippen LogP contribution < -0.4 is 26.9 Å². The smallest absolute Gasteiger partial charge is 0.407 e. The van der Waals surface area contributed by atoms with E-state index in [0.29, 0.717) is 0 Å². The number of nitrogens with one attached hydrogen (secondary N) is 4. The number of benzene rings is 4. The van der Waals surface area contributed by atoms with E-state index in [1.807, 2.05) is 0 Å². The van der Waals surface area contributed by atoms with Crippen molar-refractivity contribution in [3.8, 4) is 5.95 Å². The lowest BCUT2D eigenvalue weighted by molar-refractivity contribution is -0.604. The number of hydrogen-bond acceptors (Lipinski definition) is 13. The molecule has 7 rings (SSSR count). The second-order valence-corrected chi connectivity index (χ2v) is 15.1. The third-order valence-corrected chi connectivity index (χ3v) is 10.3. The third-order valence-electron chi connectivity index (χ3n) is 8.55. The molecule has 6 aromatic rings. The van der Waals surface area contributed by atoms with E-state index in [9.17, 15) is 50.5 Å². The Morgan fingerprint density at radius 1 is 0.793 bits per heavy atom. The number of hydrogen-bond donors (Lipinski definition) is 9. The molecule has 58 heavy (non-hydrogen) atoms. The first-order valence-electron chi connectivity index (χ1n) is 16.3. The maximum atomic E-state index is 13.8. The first-order chi connectivity index (χ1) is 27.4. The molecule has 0 amide bonds. The van der Waals surface area contributed by atoms with Crippen molar-refractivity contribution in [3.05, 3.63) is 142 Å². The Kier molecular flexibility index (Phi) is 9.62. The van der Waals surface area contributed by atoms with Crippen LogP contribution in [0.3, 0.4) is 0 Å². The van der Waals surface area contributed by atoms with Crippen molar-refractivity contribution >= 4 is 72.1 Å². The van der Waals surface area contributed by atoms with Crippen molar-refractivity contribution in [2.45, 2.75) is 9.79 Å². The molecular formula is C36H26N9O11S2+. The molecule has 0 saturated carbocycles. The van der Waals surface area contributed by atoms with Crippen molar-refractivity contribution < 1.29 is 55.1 Å². The monoisotopic (exact) mass is 824 g/mol. The van der Waals surface area contributed by atoms with Crippen LogP contribution in [0.4, 0.5) is 28.4 Å². The van der Waals surface area contributed by atoms with E-state index in [-0.39, 0.29) is 62.1 Å². The van der Waals surface area contributed by atoms with Crippen LogP contribution in [0.15, 0.2) is 117 Å². The van der Waals surface area contributed by atoms with E-state index in [1.165, 1.54) is 83.7 Å². The summed E-state index contributed by atoms with van der Waals surface area (Å²) < 4.78 is 72.1. The lowest BCUT2D eigenvalue weighted by atomic mass is 9.82. The molecule has 1 aliphatic carbocycles. The lowest BCUT2D eigenvalue weighted by Gasteiger charge is -2.23. The minimum absolute atomic E-state index is 0.0285. The van der Waals surface area contributed by atoms with Crippen molar-refractivity contribution in [3.63, 3.8) is 0 Å². The zero-order valence-corrected chi connectivity index (χ0v) is 30.7. The van der Waals surface area contributed by atoms with Gasteiger partial charge in [-0.05, 0) is 59.6 Å². The molecule has 20 nitrogen and oxygen atoms in total. The minimum atomic E-state index is -5.12. The predicted octanol–water partition coefficient (Wildman–Crippen LogP) is 2.66. The van der Waals surface area contributed by atoms with Crippen LogP contribution in [0.2, 0.25) is 0 Å². The number of aromatic amines is 2. The first-order valence-corrected chi connectivity index (χ1v) is 19.2. The number of fused-ring (bicyclic) bond motifs is 2. The Balaban J connectivity index is 1.40. The molecule has 2 heterocycles. The summed E-state index contributed by atoms with van der Waals surface area (Å²) in [5.41, 5.74) is 3.16. The highest BCUT2D eigenvalue weighted by Gasteiger charge is 2.36. The summed E-state index contributed by atoms with van der Waals surface area (Å²) >= 11 is 0. The number of aromatic nitrogens is 4. The fraction of sp³-hybridized carbons (Fsp3) is 0. The Hall–Kier alpha value is -7.66. The zero-order valence-electron chi connectivity index (χ0n) is 29.1. The number of nitrogens with two attached hydrogens (primary N) is 1. The van der Waals surface area contributed by atoms with Gasteiger partial charge in [0.2, 0.25) is 5.90 Å². The fourth-order valence-corrected chi connectivity index (χ4v) is 7.28. The molecule has 0 spiro atoms. The van der Waals surface area contributed by atoms with E-state index in [4.69, 9.17) is 11.1 Å². The SMILES string of the molecule is N=C(O)c1ccc[n+](-c2nc(=Nc3cccc(C(=O)O)c3)[nH]c(=Nc3ccc(Nc4cc(S(=O)(=O)O)c(N)c5c4C(=O)c4ccccc4C5=O)cc3S(=O)(=O)O)[nH]2)c1. The average Bonchev–Trinajstić information content (AvgIpc) is 3.17. The molecule has 0 atom stereocenters. The Labute approximate surface area is 325 Å². The summed E-state index contributed by atoms with van der Waals surface area (Å²) in [4.78, 5) is 55.7. The quantitative estimate of drug-likeness (QED) is 0.0332. The lowest BCUT2D eigenvalue weighted by Crippen LogP contribution is -2.40. The number of pyridine rings is 1. The predicted molar refractivity (Wildman–Crippen MR) is 201 cm³/mol. The average molecular weight is 825 g/mol. The summed E-state index contributed by atoms with van der Waals surface area (Å²) in [7, 11) is -10.2. The Morgan fingerprint density at radius 3 is 2.12 bits per heavy atom. The Bertz CT molecular complexity index is 3180. The van der Waals surface area contributed by atoms with Crippen LogP contribution in [0.25, 0.3) is 5.95 Å². The highest BCUT2D eigenvalue weighted by molar-refractivity contribution is 7.86. The number of anilines is 3. The summed E-state index contributed by atoms with van der Waals surface area (Å²) in [5.74, 6) is -3.59. The highest BCUT2D eigenvalue weighted by atomic mass is 32.2. The normalized spacial score (nSPS) is 13.2. The van der Waals surface area contributed by atoms with Crippen molar-refractivity contribution in [1.82, 2.24) is 15.0 Å². The van der Waals surface area contributed by atoms with Crippen molar-refractivity contribution in [2.24, 2.45) is 9.98 Å². The topological polar surface area (TPSA) is 335 Å². The molecule has 0 bridgehead atoms. The number of carboxylic acid groups (broad SMARTS) is 1. The van der Waals surface area contributed by atoms with Gasteiger partial charge >= 0.3 is 17.5 Å². The first kappa shape index (κ1) is 38.6. The molecule has 0 unspecified atom stereocenters. The standard InChI is InChI=1S/C36H25N9O11S2/c37-29-26(58(54,55)56)15-24(27-28(29)31(47)22-9-2-1-8-21(22)30(27)46)39-20-10-11-23(25(14-20)57(51,52)53)41-35-42-34(40-19-7-3-5-17(13-19)33(49)50)43-36(44-35)45-12-4-6-18(16-45)32(38)48/h1-16H,(H9-,37,38,39,40,41,42,43,44,46,47,48,49,50,51,52,53,54,55,56)/p+1. The van der Waals surface area contributed by atoms with Gasteiger partial charge in [-0.25, -0.2) is 14.3 Å². The largest absolute Gasteiger partial charge is 0.493 e. The number of H-pyrrole nitrogens is 2. The molecule has 0 fully saturated rings. The van der Waals surface area contributed by atoms with Gasteiger partial charge in [-0.2, -0.15) is 26.8 Å². The van der Waals surface area contributed by atoms with Gasteiger partial charge in [0.25, 0.3) is 25.9 Å². The maximum Gasteiger partial charge on any atom is 0.407 e. The number of carbonyl (C=O) groups excluding carboxylic acids is 2. The highest BCUT2D eigenvalue weighted by Crippen LogP contribution is 2.40. The van der Waals surface area contributed by atoms with Crippen molar-refractivity contribution in [1.29, 1.82) is 5.41 Å².